The summed E-state index contributed by atoms with van der Waals surface area (Å²) < 4.78 is 49.6. The maximum atomic E-state index is 12.9. The molecule has 4 saturated carbocycles. The van der Waals surface area contributed by atoms with Gasteiger partial charge < -0.3 is 88.8 Å². The first-order valence-electron chi connectivity index (χ1n) is 49.0. The Kier molecular flexibility index (Phi) is 31.6. The van der Waals surface area contributed by atoms with Gasteiger partial charge in [-0.05, 0) is 183 Å². The van der Waals surface area contributed by atoms with E-state index >= 15 is 0 Å². The standard InChI is InChI=1S/C28H34N6O3.C26H28N8O3.C25H29N5O4.C23H27N5O3S/c35-28(23-4-3-5-26(32-23)34-12-1-2-13-34)31-20-6-8-22(9-7-20)37-25-19-21(33-14-16-36-17-15-33)18-24-27(25)30-11-10-29-24;35-26(21-2-1-3-24(32-21)34-16-29-30-17-34)31-18-4-6-20(7-5-18)37-23-15-19(33-10-12-36-13-11-33)14-22-25(23)28-9-8-27-22;31-16-18-2-1-3-21(28-18)25(32)29-17-4-6-20(7-5-17)34-23-15-19(30-10-12-33-13-11-30)14-22-24(23)27-9-8-26-22;1-15-14-32-23(26-15)22(29)27-16-2-4-18(5-3-16)31-20-13-17(28-8-10-30-11-9-28)12-19-21(20)25-7-6-24-19/h3-5,10-11,18-20,22H,1-2,6-9,12-17H2,(H,31,35);1-3,8-9,14-18,20H,4-7,10-13H2,(H,31,35);1-3,8-9,14-15,17,20,31H,4-7,10-13,16H2,(H,29,32);6-7,12-14,16,18H,2-5,8-11H2,1H3,(H,27,29). The molecule has 14 heterocycles. The number of amides is 4. The van der Waals surface area contributed by atoms with E-state index in [2.05, 4.69) is 164 Å². The van der Waals surface area contributed by atoms with Crippen LogP contribution in [0.2, 0.25) is 0 Å². The van der Waals surface area contributed by atoms with Crippen molar-refractivity contribution in [3.63, 3.8) is 0 Å². The molecule has 4 amide bonds. The van der Waals surface area contributed by atoms with E-state index in [1.54, 1.807) is 103 Å². The molecule has 13 aromatic rings. The zero-order valence-electron chi connectivity index (χ0n) is 78.6. The summed E-state index contributed by atoms with van der Waals surface area (Å²) in [5, 5.41) is 31.8. The zero-order valence-corrected chi connectivity index (χ0v) is 79.5. The third-order valence-corrected chi connectivity index (χ3v) is 27.8. The molecular weight excluding hydrogens is 1800 g/mol. The van der Waals surface area contributed by atoms with E-state index in [1.807, 2.05) is 30.5 Å². The van der Waals surface area contributed by atoms with Crippen molar-refractivity contribution in [3.05, 3.63) is 204 Å². The van der Waals surface area contributed by atoms with Gasteiger partial charge in [0.05, 0.1) is 112 Å². The maximum Gasteiger partial charge on any atom is 0.280 e. The van der Waals surface area contributed by atoms with Crippen LogP contribution in [-0.4, -0.2) is 270 Å². The van der Waals surface area contributed by atoms with E-state index in [-0.39, 0.29) is 78.8 Å². The van der Waals surface area contributed by atoms with Gasteiger partial charge >= 0.3 is 0 Å². The van der Waals surface area contributed by atoms with Crippen LogP contribution >= 0.6 is 11.3 Å². The predicted molar refractivity (Wildman–Crippen MR) is 529 cm³/mol. The Bertz CT molecular complexity index is 6350. The van der Waals surface area contributed by atoms with E-state index in [9.17, 15) is 24.3 Å². The number of thiazole rings is 1. The predicted octanol–water partition coefficient (Wildman–Crippen LogP) is 12.0. The monoisotopic (exact) mass is 1920 g/mol. The molecular formula is C102H118N24O13S. The molecule has 0 radical (unpaired) electrons. The Morgan fingerprint density at radius 1 is 0.357 bits per heavy atom. The van der Waals surface area contributed by atoms with Crippen LogP contribution in [0.5, 0.6) is 23.0 Å². The number of anilines is 5. The number of aliphatic hydroxyl groups is 1. The molecule has 0 atom stereocenters. The average molecular weight is 1920 g/mol. The Labute approximate surface area is 814 Å². The van der Waals surface area contributed by atoms with Crippen molar-refractivity contribution in [2.45, 2.75) is 178 Å². The van der Waals surface area contributed by atoms with Gasteiger partial charge in [-0.25, -0.2) is 39.9 Å². The highest BCUT2D eigenvalue weighted by Crippen LogP contribution is 2.40. The fourth-order valence-electron chi connectivity index (χ4n) is 19.4. The Hall–Kier alpha value is -13.7. The fraction of sp³-hybridized carbons (Fsp3) is 0.451. The fourth-order valence-corrected chi connectivity index (χ4v) is 20.1. The van der Waals surface area contributed by atoms with Crippen LogP contribution in [0.25, 0.3) is 50.0 Å². The molecule has 38 heteroatoms. The molecule has 9 fully saturated rings. The molecule has 9 aliphatic rings. The van der Waals surface area contributed by atoms with Crippen molar-refractivity contribution >= 4 is 108 Å². The Balaban J connectivity index is 0.000000119. The van der Waals surface area contributed by atoms with Crippen LogP contribution in [0.15, 0.2) is 171 Å². The summed E-state index contributed by atoms with van der Waals surface area (Å²) in [5.41, 5.74) is 13.3. The Morgan fingerprint density at radius 2 is 0.664 bits per heavy atom. The number of fused-ring (bicyclic) bond motifs is 4. The van der Waals surface area contributed by atoms with E-state index in [0.29, 0.717) is 60.0 Å². The van der Waals surface area contributed by atoms with Crippen LogP contribution in [0.1, 0.15) is 168 Å². The minimum atomic E-state index is -0.209. The smallest absolute Gasteiger partial charge is 0.280 e. The SMILES string of the molecule is Cc1csc(C(=O)NC2CCC(Oc3cc(N4CCOCC4)cc4nccnc34)CC2)n1.O=C(NC1CCC(Oc2cc(N3CCOCC3)cc3nccnc23)CC1)c1cccc(-n2cnnc2)n1.O=C(NC1CCC(Oc2cc(N3CCOCC3)cc3nccnc23)CC1)c1cccc(CO)n1.O=C(NC1CCC(Oc2cc(N3CCOCC3)cc3nccnc23)CC1)c1cccc(N2CCCC2)n1. The van der Waals surface area contributed by atoms with E-state index < -0.39 is 0 Å². The maximum absolute atomic E-state index is 12.9. The van der Waals surface area contributed by atoms with Crippen LogP contribution in [0.3, 0.4) is 0 Å². The number of hydrogen-bond acceptors (Lipinski definition) is 33. The summed E-state index contributed by atoms with van der Waals surface area (Å²) in [5.74, 6) is 4.01. The number of carbonyl (C=O) groups is 4. The molecule has 0 bridgehead atoms. The second kappa shape index (κ2) is 46.4. The minimum absolute atomic E-state index is 0.0495. The summed E-state index contributed by atoms with van der Waals surface area (Å²) in [7, 11) is 0. The number of aliphatic hydroxyl groups excluding tert-OH is 1. The quantitative estimate of drug-likeness (QED) is 0.0397. The molecule has 9 aromatic heterocycles. The van der Waals surface area contributed by atoms with Crippen molar-refractivity contribution in [2.75, 3.05) is 143 Å². The van der Waals surface area contributed by atoms with Crippen molar-refractivity contribution in [3.8, 4) is 28.8 Å². The largest absolute Gasteiger partial charge is 0.488 e. The number of nitrogens with zero attached hydrogens (tertiary/aromatic N) is 20. The van der Waals surface area contributed by atoms with Gasteiger partial charge in [-0.15, -0.1) is 21.5 Å². The lowest BCUT2D eigenvalue weighted by atomic mass is 9.92. The number of benzene rings is 4. The minimum Gasteiger partial charge on any atom is -0.488 e. The number of aromatic nitrogens is 15. The zero-order chi connectivity index (χ0) is 95.3. The van der Waals surface area contributed by atoms with Gasteiger partial charge in [-0.1, -0.05) is 18.2 Å². The number of nitrogens with one attached hydrogen (secondary N) is 4. The van der Waals surface area contributed by atoms with Crippen LogP contribution in [0.4, 0.5) is 28.6 Å². The van der Waals surface area contributed by atoms with Crippen LogP contribution in [0, 0.1) is 6.92 Å². The highest BCUT2D eigenvalue weighted by Gasteiger charge is 2.33. The first-order chi connectivity index (χ1) is 68.8. The number of ether oxygens (including phenoxy) is 8. The normalized spacial score (nSPS) is 21.1. The Morgan fingerprint density at radius 3 is 0.993 bits per heavy atom. The molecule has 5 N–H and O–H groups in total. The molecule has 5 saturated heterocycles. The lowest BCUT2D eigenvalue weighted by Crippen LogP contribution is -2.40. The number of hydrogen-bond donors (Lipinski definition) is 5. The van der Waals surface area contributed by atoms with Crippen molar-refractivity contribution < 1.29 is 62.2 Å². The molecule has 0 spiro atoms. The second-order valence-electron chi connectivity index (χ2n) is 36.4. The first kappa shape index (κ1) is 95.3. The van der Waals surface area contributed by atoms with Crippen molar-refractivity contribution in [2.24, 2.45) is 0 Å². The molecule has 4 aromatic carbocycles. The lowest BCUT2D eigenvalue weighted by molar-refractivity contribution is 0.0883. The van der Waals surface area contributed by atoms with Crippen molar-refractivity contribution in [1.29, 1.82) is 0 Å². The summed E-state index contributed by atoms with van der Waals surface area (Å²) in [4.78, 5) is 116. The lowest BCUT2D eigenvalue weighted by Gasteiger charge is -2.31. The number of morpholine rings is 4. The first-order valence-corrected chi connectivity index (χ1v) is 49.9. The average Bonchev–Trinajstić information content (AvgIpc) is 0.937. The topological polar surface area (TPSA) is 412 Å². The van der Waals surface area contributed by atoms with Gasteiger partial charge in [0.2, 0.25) is 0 Å². The molecule has 22 rings (SSSR count). The summed E-state index contributed by atoms with van der Waals surface area (Å²) in [6, 6.07) is 33.2. The van der Waals surface area contributed by atoms with E-state index in [4.69, 9.17) is 37.9 Å². The molecule has 140 heavy (non-hydrogen) atoms. The van der Waals surface area contributed by atoms with E-state index in [1.165, 1.54) is 24.2 Å². The van der Waals surface area contributed by atoms with Crippen LogP contribution < -0.4 is 64.7 Å². The third kappa shape index (κ3) is 24.6. The van der Waals surface area contributed by atoms with Gasteiger partial charge in [0.15, 0.2) is 5.01 Å². The summed E-state index contributed by atoms with van der Waals surface area (Å²) in [6.45, 7) is 16.3. The van der Waals surface area contributed by atoms with Gasteiger partial charge in [-0.3, -0.25) is 43.7 Å². The highest BCUT2D eigenvalue weighted by atomic mass is 32.1. The summed E-state index contributed by atoms with van der Waals surface area (Å²) in [6.07, 6.45) is 33.0. The number of carbonyl (C=O) groups excluding carboxylic acids is 4. The number of pyridine rings is 3. The summed E-state index contributed by atoms with van der Waals surface area (Å²) >= 11 is 1.39. The van der Waals surface area contributed by atoms with E-state index in [0.717, 1.165) is 296 Å². The molecule has 730 valence electrons. The van der Waals surface area contributed by atoms with Crippen LogP contribution in [-0.2, 0) is 25.6 Å². The van der Waals surface area contributed by atoms with Gasteiger partial charge in [0.25, 0.3) is 23.6 Å². The van der Waals surface area contributed by atoms with Gasteiger partial charge in [0.1, 0.15) is 86.4 Å². The molecule has 5 aliphatic heterocycles. The number of rotatable bonds is 23. The van der Waals surface area contributed by atoms with Crippen molar-refractivity contribution in [1.82, 2.24) is 95.8 Å². The number of aryl methyl sites for hydroxylation is 1. The molecule has 0 unspecified atom stereocenters. The highest BCUT2D eigenvalue weighted by molar-refractivity contribution is 7.11. The molecule has 37 nitrogen and oxygen atoms in total. The van der Waals surface area contributed by atoms with Gasteiger partial charge in [0, 0.05) is 197 Å². The molecule has 4 aliphatic carbocycles. The second-order valence-corrected chi connectivity index (χ2v) is 37.3. The van der Waals surface area contributed by atoms with Gasteiger partial charge in [-0.2, -0.15) is 0 Å². The third-order valence-electron chi connectivity index (χ3n) is 26.9.